The number of carbonyl (C=O) groups is 1. The molecule has 1 amide bonds. The number of hydrogen-bond acceptors (Lipinski definition) is 3. The van der Waals surface area contributed by atoms with Crippen LogP contribution in [-0.2, 0) is 0 Å². The minimum atomic E-state index is -0.508. The minimum Gasteiger partial charge on any atom is -0.399 e. The van der Waals surface area contributed by atoms with Gasteiger partial charge in [-0.15, -0.1) is 0 Å². The number of hydrogen-bond donors (Lipinski definition) is 3. The molecule has 5 heteroatoms. The first-order chi connectivity index (χ1) is 9.04. The quantitative estimate of drug-likeness (QED) is 0.729. The van der Waals surface area contributed by atoms with Crippen molar-refractivity contribution in [3.05, 3.63) is 29.6 Å². The summed E-state index contributed by atoms with van der Waals surface area (Å²) in [5, 5.41) is 12.2. The summed E-state index contributed by atoms with van der Waals surface area (Å²) < 4.78 is 13.1. The molecule has 1 saturated carbocycles. The SMILES string of the molecule is Nc1cc(F)cc(C(=O)NCC2CCC(O)CC2)c1. The molecule has 4 nitrogen and oxygen atoms in total. The number of anilines is 1. The molecule has 19 heavy (non-hydrogen) atoms. The van der Waals surface area contributed by atoms with Gasteiger partial charge in [-0.3, -0.25) is 4.79 Å². The molecule has 0 unspecified atom stereocenters. The Morgan fingerprint density at radius 2 is 2.00 bits per heavy atom. The van der Waals surface area contributed by atoms with Crippen LogP contribution in [0.1, 0.15) is 36.0 Å². The fraction of sp³-hybridized carbons (Fsp3) is 0.500. The Hall–Kier alpha value is -1.62. The lowest BCUT2D eigenvalue weighted by atomic mass is 9.87. The summed E-state index contributed by atoms with van der Waals surface area (Å²) in [4.78, 5) is 11.9. The lowest BCUT2D eigenvalue weighted by molar-refractivity contribution is 0.0910. The number of aliphatic hydroxyl groups excluding tert-OH is 1. The molecule has 1 aliphatic carbocycles. The number of rotatable bonds is 3. The van der Waals surface area contributed by atoms with Gasteiger partial charge in [-0.1, -0.05) is 0 Å². The van der Waals surface area contributed by atoms with Crippen LogP contribution in [0.15, 0.2) is 18.2 Å². The smallest absolute Gasteiger partial charge is 0.251 e. The molecule has 0 saturated heterocycles. The Morgan fingerprint density at radius 3 is 2.63 bits per heavy atom. The van der Waals surface area contributed by atoms with Gasteiger partial charge in [0.15, 0.2) is 0 Å². The maximum absolute atomic E-state index is 13.1. The molecule has 1 aliphatic rings. The summed E-state index contributed by atoms with van der Waals surface area (Å²) >= 11 is 0. The highest BCUT2D eigenvalue weighted by molar-refractivity contribution is 5.95. The number of halogens is 1. The molecule has 0 spiro atoms. The van der Waals surface area contributed by atoms with Crippen LogP contribution in [-0.4, -0.2) is 23.7 Å². The summed E-state index contributed by atoms with van der Waals surface area (Å²) in [5.74, 6) is -0.429. The monoisotopic (exact) mass is 266 g/mol. The fourth-order valence-electron chi connectivity index (χ4n) is 2.43. The van der Waals surface area contributed by atoms with Gasteiger partial charge in [0.2, 0.25) is 0 Å². The molecule has 1 aromatic rings. The number of benzene rings is 1. The van der Waals surface area contributed by atoms with E-state index >= 15 is 0 Å². The van der Waals surface area contributed by atoms with Crippen LogP contribution in [0.2, 0.25) is 0 Å². The zero-order valence-corrected chi connectivity index (χ0v) is 10.7. The predicted octanol–water partition coefficient (Wildman–Crippen LogP) is 1.69. The van der Waals surface area contributed by atoms with Gasteiger partial charge < -0.3 is 16.2 Å². The fourth-order valence-corrected chi connectivity index (χ4v) is 2.43. The van der Waals surface area contributed by atoms with E-state index in [-0.39, 0.29) is 23.3 Å². The van der Waals surface area contributed by atoms with E-state index in [9.17, 15) is 14.3 Å². The summed E-state index contributed by atoms with van der Waals surface area (Å²) in [6.45, 7) is 0.558. The van der Waals surface area contributed by atoms with Crippen molar-refractivity contribution in [2.75, 3.05) is 12.3 Å². The lowest BCUT2D eigenvalue weighted by Gasteiger charge is -2.25. The van der Waals surface area contributed by atoms with E-state index in [0.717, 1.165) is 25.7 Å². The van der Waals surface area contributed by atoms with Crippen LogP contribution < -0.4 is 11.1 Å². The normalized spacial score (nSPS) is 23.1. The van der Waals surface area contributed by atoms with Gasteiger partial charge in [0.25, 0.3) is 5.91 Å². The Bertz CT molecular complexity index is 437. The third-order valence-corrected chi connectivity index (χ3v) is 3.55. The van der Waals surface area contributed by atoms with Gasteiger partial charge in [-0.25, -0.2) is 4.39 Å². The predicted molar refractivity (Wildman–Crippen MR) is 71.1 cm³/mol. The topological polar surface area (TPSA) is 75.4 Å². The van der Waals surface area contributed by atoms with Crippen LogP contribution >= 0.6 is 0 Å². The number of nitrogens with one attached hydrogen (secondary N) is 1. The average molecular weight is 266 g/mol. The molecule has 0 bridgehead atoms. The average Bonchev–Trinajstić information content (AvgIpc) is 2.36. The molecule has 0 aromatic heterocycles. The minimum absolute atomic E-state index is 0.199. The molecule has 4 N–H and O–H groups in total. The van der Waals surface area contributed by atoms with Crippen molar-refractivity contribution in [1.82, 2.24) is 5.32 Å². The summed E-state index contributed by atoms with van der Waals surface area (Å²) in [7, 11) is 0. The number of nitrogens with two attached hydrogens (primary N) is 1. The second-order valence-corrected chi connectivity index (χ2v) is 5.16. The largest absolute Gasteiger partial charge is 0.399 e. The van der Waals surface area contributed by atoms with Crippen molar-refractivity contribution in [3.8, 4) is 0 Å². The van der Waals surface area contributed by atoms with Crippen molar-refractivity contribution in [3.63, 3.8) is 0 Å². The van der Waals surface area contributed by atoms with E-state index in [0.29, 0.717) is 12.5 Å². The number of amides is 1. The number of carbonyl (C=O) groups excluding carboxylic acids is 1. The van der Waals surface area contributed by atoms with Gasteiger partial charge >= 0.3 is 0 Å². The van der Waals surface area contributed by atoms with Gasteiger partial charge in [-0.2, -0.15) is 0 Å². The second kappa shape index (κ2) is 6.02. The Kier molecular flexibility index (Phi) is 4.37. The molecule has 2 rings (SSSR count). The molecule has 0 atom stereocenters. The van der Waals surface area contributed by atoms with E-state index in [1.54, 1.807) is 0 Å². The van der Waals surface area contributed by atoms with Crippen LogP contribution in [0, 0.1) is 11.7 Å². The maximum atomic E-state index is 13.1. The van der Waals surface area contributed by atoms with Crippen LogP contribution in [0.4, 0.5) is 10.1 Å². The van der Waals surface area contributed by atoms with Gasteiger partial charge in [0, 0.05) is 17.8 Å². The summed E-state index contributed by atoms with van der Waals surface area (Å²) in [5.41, 5.74) is 5.99. The Morgan fingerprint density at radius 1 is 1.32 bits per heavy atom. The van der Waals surface area contributed by atoms with Crippen molar-refractivity contribution in [2.24, 2.45) is 5.92 Å². The highest BCUT2D eigenvalue weighted by atomic mass is 19.1. The molecule has 0 radical (unpaired) electrons. The zero-order valence-electron chi connectivity index (χ0n) is 10.7. The van der Waals surface area contributed by atoms with Crippen LogP contribution in [0.3, 0.4) is 0 Å². The van der Waals surface area contributed by atoms with Gasteiger partial charge in [0.05, 0.1) is 6.10 Å². The first kappa shape index (κ1) is 13.8. The van der Waals surface area contributed by atoms with Crippen molar-refractivity contribution in [1.29, 1.82) is 0 Å². The zero-order chi connectivity index (χ0) is 13.8. The maximum Gasteiger partial charge on any atom is 0.251 e. The second-order valence-electron chi connectivity index (χ2n) is 5.16. The molecule has 1 fully saturated rings. The van der Waals surface area contributed by atoms with E-state index in [1.165, 1.54) is 18.2 Å². The first-order valence-electron chi connectivity index (χ1n) is 6.57. The van der Waals surface area contributed by atoms with E-state index in [2.05, 4.69) is 5.32 Å². The number of aliphatic hydroxyl groups is 1. The first-order valence-corrected chi connectivity index (χ1v) is 6.57. The van der Waals surface area contributed by atoms with Crippen LogP contribution in [0.5, 0.6) is 0 Å². The third-order valence-electron chi connectivity index (χ3n) is 3.55. The van der Waals surface area contributed by atoms with Gasteiger partial charge in [-0.05, 0) is 49.8 Å². The van der Waals surface area contributed by atoms with Crippen LogP contribution in [0.25, 0.3) is 0 Å². The molecular weight excluding hydrogens is 247 g/mol. The highest BCUT2D eigenvalue weighted by Crippen LogP contribution is 2.23. The Balaban J connectivity index is 1.87. The lowest BCUT2D eigenvalue weighted by Crippen LogP contribution is -2.32. The summed E-state index contributed by atoms with van der Waals surface area (Å²) in [6, 6.07) is 3.82. The summed E-state index contributed by atoms with van der Waals surface area (Å²) in [6.07, 6.45) is 3.19. The molecule has 104 valence electrons. The van der Waals surface area contributed by atoms with Crippen molar-refractivity contribution < 1.29 is 14.3 Å². The molecule has 0 aliphatic heterocycles. The van der Waals surface area contributed by atoms with E-state index in [1.807, 2.05) is 0 Å². The van der Waals surface area contributed by atoms with E-state index in [4.69, 9.17) is 5.73 Å². The van der Waals surface area contributed by atoms with Crippen molar-refractivity contribution >= 4 is 11.6 Å². The molecule has 1 aromatic carbocycles. The standard InChI is InChI=1S/C14H19FN2O2/c15-11-5-10(6-12(16)7-11)14(19)17-8-9-1-3-13(18)4-2-9/h5-7,9,13,18H,1-4,8,16H2,(H,17,19). The third kappa shape index (κ3) is 3.92. The highest BCUT2D eigenvalue weighted by Gasteiger charge is 2.20. The van der Waals surface area contributed by atoms with Crippen molar-refractivity contribution in [2.45, 2.75) is 31.8 Å². The Labute approximate surface area is 111 Å². The van der Waals surface area contributed by atoms with E-state index < -0.39 is 5.82 Å². The molecular formula is C14H19FN2O2. The molecule has 0 heterocycles. The van der Waals surface area contributed by atoms with Gasteiger partial charge in [0.1, 0.15) is 5.82 Å². The number of nitrogen functional groups attached to an aromatic ring is 1.